The predicted octanol–water partition coefficient (Wildman–Crippen LogP) is 1.37. The van der Waals surface area contributed by atoms with Gasteiger partial charge in [0.1, 0.15) is 11.5 Å². The Morgan fingerprint density at radius 1 is 1.00 bits per heavy atom. The first kappa shape index (κ1) is 44.6. The van der Waals surface area contributed by atoms with Crippen molar-refractivity contribution in [2.24, 2.45) is 17.4 Å². The van der Waals surface area contributed by atoms with Gasteiger partial charge in [-0.25, -0.2) is 0 Å². The molecule has 0 spiro atoms. The van der Waals surface area contributed by atoms with Crippen LogP contribution in [0.15, 0.2) is 24.3 Å². The summed E-state index contributed by atoms with van der Waals surface area (Å²) in [6, 6.07) is 4.56. The van der Waals surface area contributed by atoms with Gasteiger partial charge in [0, 0.05) is 45.5 Å². The Morgan fingerprint density at radius 3 is 2.30 bits per heavy atom. The second kappa shape index (κ2) is 25.5. The summed E-state index contributed by atoms with van der Waals surface area (Å²) in [5.74, 6) is -1.74. The lowest BCUT2D eigenvalue weighted by atomic mass is 9.98. The van der Waals surface area contributed by atoms with Gasteiger partial charge in [0.2, 0.25) is 17.7 Å². The zero-order valence-corrected chi connectivity index (χ0v) is 30.4. The number of rotatable bonds is 23. The molecule has 284 valence electrons. The first-order valence-corrected chi connectivity index (χ1v) is 17.7. The van der Waals surface area contributed by atoms with Gasteiger partial charge in [0.15, 0.2) is 5.78 Å². The van der Waals surface area contributed by atoms with E-state index in [1.807, 2.05) is 11.8 Å². The van der Waals surface area contributed by atoms with Crippen LogP contribution in [0, 0.1) is 5.92 Å². The number of hydrogen-bond donors (Lipinski definition) is 6. The minimum Gasteiger partial charge on any atom is -0.508 e. The van der Waals surface area contributed by atoms with Crippen LogP contribution in [0.3, 0.4) is 0 Å². The molecule has 5 atom stereocenters. The monoisotopic (exact) mass is 707 g/mol. The number of aliphatic hydroxyl groups excluding tert-OH is 1. The number of likely N-dealkylation sites (tertiary alicyclic amines) is 1. The molecule has 3 amide bonds. The van der Waals surface area contributed by atoms with E-state index >= 15 is 0 Å². The van der Waals surface area contributed by atoms with Gasteiger partial charge in [-0.15, -0.1) is 0 Å². The highest BCUT2D eigenvalue weighted by Crippen LogP contribution is 2.18. The number of carbonyl (C=O) groups excluding carboxylic acids is 5. The molecule has 0 bridgehead atoms. The maximum atomic E-state index is 12.4. The number of methoxy groups -OCH3 is 1. The number of carbonyl (C=O) groups is 5. The SMILES string of the molecule is CCC(=O)CCCCC[C@H](N)C(=O)N1CCC[C@H]1C.COCCOCCNC(=O)[C@H](CO)CC(=O)[C@@H](C)NC(=O)[C@@H](N)Cc1ccc(O)cc1. The smallest absolute Gasteiger partial charge is 0.239 e. The van der Waals surface area contributed by atoms with Gasteiger partial charge < -0.3 is 46.7 Å². The van der Waals surface area contributed by atoms with E-state index in [9.17, 15) is 34.2 Å². The number of aromatic hydroxyl groups is 1. The second-order valence-corrected chi connectivity index (χ2v) is 12.8. The molecule has 0 aliphatic carbocycles. The largest absolute Gasteiger partial charge is 0.508 e. The molecule has 50 heavy (non-hydrogen) atoms. The molecule has 1 saturated heterocycles. The molecule has 14 nitrogen and oxygen atoms in total. The van der Waals surface area contributed by atoms with Crippen molar-refractivity contribution in [3.63, 3.8) is 0 Å². The van der Waals surface area contributed by atoms with Gasteiger partial charge in [-0.05, 0) is 63.6 Å². The highest BCUT2D eigenvalue weighted by molar-refractivity contribution is 5.93. The third-order valence-electron chi connectivity index (χ3n) is 8.60. The summed E-state index contributed by atoms with van der Waals surface area (Å²) in [5, 5.41) is 23.9. The highest BCUT2D eigenvalue weighted by atomic mass is 16.5. The lowest BCUT2D eigenvalue weighted by Crippen LogP contribution is -2.48. The summed E-state index contributed by atoms with van der Waals surface area (Å²) in [6.45, 7) is 7.23. The number of phenolic OH excluding ortho intramolecular Hbond substituents is 1. The van der Waals surface area contributed by atoms with Crippen LogP contribution >= 0.6 is 0 Å². The summed E-state index contributed by atoms with van der Waals surface area (Å²) in [5.41, 5.74) is 12.6. The van der Waals surface area contributed by atoms with E-state index in [2.05, 4.69) is 17.6 Å². The topological polar surface area (TPSA) is 224 Å². The quantitative estimate of drug-likeness (QED) is 0.0891. The van der Waals surface area contributed by atoms with Gasteiger partial charge >= 0.3 is 0 Å². The van der Waals surface area contributed by atoms with E-state index in [1.165, 1.54) is 19.1 Å². The molecule has 1 aliphatic rings. The number of unbranched alkanes of at least 4 members (excludes halogenated alkanes) is 2. The van der Waals surface area contributed by atoms with Crippen molar-refractivity contribution < 1.29 is 43.7 Å². The van der Waals surface area contributed by atoms with Crippen molar-refractivity contribution in [2.75, 3.05) is 46.6 Å². The first-order valence-electron chi connectivity index (χ1n) is 17.7. The van der Waals surface area contributed by atoms with Crippen molar-refractivity contribution in [1.82, 2.24) is 15.5 Å². The maximum Gasteiger partial charge on any atom is 0.239 e. The lowest BCUT2D eigenvalue weighted by molar-refractivity contribution is -0.133. The van der Waals surface area contributed by atoms with Gasteiger partial charge in [-0.3, -0.25) is 24.0 Å². The van der Waals surface area contributed by atoms with Crippen molar-refractivity contribution in [1.29, 1.82) is 0 Å². The molecular weight excluding hydrogens is 646 g/mol. The Labute approximate surface area is 297 Å². The molecule has 1 aromatic carbocycles. The molecule has 1 fully saturated rings. The first-order chi connectivity index (χ1) is 23.8. The number of amides is 3. The molecule has 0 saturated carbocycles. The number of phenols is 1. The van der Waals surface area contributed by atoms with Crippen molar-refractivity contribution in [3.8, 4) is 5.75 Å². The van der Waals surface area contributed by atoms with Crippen LogP contribution < -0.4 is 22.1 Å². The fourth-order valence-corrected chi connectivity index (χ4v) is 5.31. The van der Waals surface area contributed by atoms with Gasteiger partial charge in [-0.2, -0.15) is 0 Å². The number of aliphatic hydroxyl groups is 1. The summed E-state index contributed by atoms with van der Waals surface area (Å²) in [4.78, 5) is 62.0. The van der Waals surface area contributed by atoms with Gasteiger partial charge in [0.25, 0.3) is 0 Å². The Hall–Kier alpha value is -3.43. The van der Waals surface area contributed by atoms with Crippen LogP contribution in [-0.4, -0.2) is 115 Å². The summed E-state index contributed by atoms with van der Waals surface area (Å²) in [6.07, 6.45) is 7.09. The number of nitrogens with one attached hydrogen (secondary N) is 2. The van der Waals surface area contributed by atoms with E-state index in [4.69, 9.17) is 20.9 Å². The van der Waals surface area contributed by atoms with Gasteiger partial charge in [0.05, 0.1) is 50.5 Å². The maximum absolute atomic E-state index is 12.4. The number of nitrogens with zero attached hydrogens (tertiary/aromatic N) is 1. The molecule has 1 heterocycles. The number of ketones is 2. The van der Waals surface area contributed by atoms with E-state index in [1.54, 1.807) is 19.2 Å². The number of Topliss-reactive ketones (excluding diaryl/α,β-unsaturated/α-hetero) is 2. The third-order valence-corrected chi connectivity index (χ3v) is 8.60. The van der Waals surface area contributed by atoms with Crippen LogP contribution in [0.2, 0.25) is 0 Å². The van der Waals surface area contributed by atoms with E-state index in [-0.39, 0.29) is 43.7 Å². The fourth-order valence-electron chi connectivity index (χ4n) is 5.31. The molecular formula is C36H61N5O9. The lowest BCUT2D eigenvalue weighted by Gasteiger charge is -2.24. The zero-order chi connectivity index (χ0) is 37.5. The van der Waals surface area contributed by atoms with Crippen molar-refractivity contribution >= 4 is 29.3 Å². The summed E-state index contributed by atoms with van der Waals surface area (Å²) in [7, 11) is 1.56. The average molecular weight is 708 g/mol. The fraction of sp³-hybridized carbons (Fsp3) is 0.694. The Balaban J connectivity index is 0.000000561. The van der Waals surface area contributed by atoms with E-state index in [0.29, 0.717) is 37.9 Å². The van der Waals surface area contributed by atoms with Crippen LogP contribution in [0.1, 0.15) is 84.1 Å². The minimum absolute atomic E-state index is 0.106. The normalized spacial score (nSPS) is 16.4. The van der Waals surface area contributed by atoms with Crippen LogP contribution in [0.5, 0.6) is 5.75 Å². The molecule has 0 radical (unpaired) electrons. The van der Waals surface area contributed by atoms with Crippen molar-refractivity contribution in [2.45, 2.75) is 109 Å². The van der Waals surface area contributed by atoms with Gasteiger partial charge in [-0.1, -0.05) is 31.9 Å². The Kier molecular flexibility index (Phi) is 22.8. The zero-order valence-electron chi connectivity index (χ0n) is 30.4. The number of ether oxygens (including phenoxy) is 2. The third kappa shape index (κ3) is 18.0. The number of nitrogens with two attached hydrogens (primary N) is 2. The summed E-state index contributed by atoms with van der Waals surface area (Å²) >= 11 is 0. The van der Waals surface area contributed by atoms with E-state index < -0.39 is 42.2 Å². The molecule has 2 rings (SSSR count). The molecule has 14 heteroatoms. The second-order valence-electron chi connectivity index (χ2n) is 12.8. The van der Waals surface area contributed by atoms with Crippen LogP contribution in [0.4, 0.5) is 0 Å². The molecule has 1 aliphatic heterocycles. The number of hydrogen-bond acceptors (Lipinski definition) is 11. The van der Waals surface area contributed by atoms with Crippen LogP contribution in [-0.2, 0) is 39.9 Å². The molecule has 8 N–H and O–H groups in total. The predicted molar refractivity (Wildman–Crippen MR) is 190 cm³/mol. The molecule has 1 aromatic rings. The average Bonchev–Trinajstić information content (AvgIpc) is 3.54. The summed E-state index contributed by atoms with van der Waals surface area (Å²) < 4.78 is 10.1. The van der Waals surface area contributed by atoms with Crippen LogP contribution in [0.25, 0.3) is 0 Å². The Morgan fingerprint density at radius 2 is 1.70 bits per heavy atom. The Bertz CT molecular complexity index is 1170. The standard InChI is InChI=1S/C21H33N3O7.C15H28N2O2/c1-14(24-21(29)18(22)11-15-3-5-17(26)6-4-15)19(27)12-16(13-25)20(28)23-7-8-31-10-9-30-2;1-3-13(18)9-5-4-6-10-14(16)15(19)17-11-7-8-12(17)2/h3-6,14,16,18,25-26H,7-13,22H2,1-2H3,(H,23,28)(H,24,29);12,14H,3-11,16H2,1-2H3/t14-,16+,18+;12-,14+/m11/s1. The minimum atomic E-state index is -0.920. The van der Waals surface area contributed by atoms with Crippen molar-refractivity contribution in [3.05, 3.63) is 29.8 Å². The molecule has 0 aromatic heterocycles. The highest BCUT2D eigenvalue weighted by Gasteiger charge is 2.29. The number of benzene rings is 1. The molecule has 0 unspecified atom stereocenters. The van der Waals surface area contributed by atoms with E-state index in [0.717, 1.165) is 50.6 Å².